The van der Waals surface area contributed by atoms with E-state index in [9.17, 15) is 4.79 Å². The molecule has 0 aromatic carbocycles. The maximum atomic E-state index is 11.8. The summed E-state index contributed by atoms with van der Waals surface area (Å²) >= 11 is 0. The molecule has 1 unspecified atom stereocenters. The van der Waals surface area contributed by atoms with Gasteiger partial charge in [0.1, 0.15) is 5.78 Å². The number of nitrogens with zero attached hydrogens (tertiary/aromatic N) is 2. The minimum absolute atomic E-state index is 0.158. The third-order valence-electron chi connectivity index (χ3n) is 3.56. The van der Waals surface area contributed by atoms with Gasteiger partial charge < -0.3 is 0 Å². The average molecular weight is 232 g/mol. The normalized spacial score (nSPS) is 20.8. The molecule has 1 aliphatic carbocycles. The Kier molecular flexibility index (Phi) is 4.26. The van der Waals surface area contributed by atoms with Crippen molar-refractivity contribution in [3.8, 4) is 0 Å². The van der Waals surface area contributed by atoms with Crippen molar-refractivity contribution in [3.05, 3.63) is 30.1 Å². The smallest absolute Gasteiger partial charge is 0.149 e. The highest BCUT2D eigenvalue weighted by Crippen LogP contribution is 2.18. The van der Waals surface area contributed by atoms with Crippen LogP contribution in [0.5, 0.6) is 0 Å². The van der Waals surface area contributed by atoms with Gasteiger partial charge in [0.2, 0.25) is 0 Å². The lowest BCUT2D eigenvalue weighted by atomic mass is 9.93. The van der Waals surface area contributed by atoms with Gasteiger partial charge in [0.05, 0.1) is 6.04 Å². The maximum absolute atomic E-state index is 11.8. The SMILES string of the molecule is CN(CCc1ccncc1)C1CCCCC1=O. The van der Waals surface area contributed by atoms with E-state index >= 15 is 0 Å². The first-order valence-electron chi connectivity index (χ1n) is 6.39. The zero-order valence-electron chi connectivity index (χ0n) is 10.4. The Morgan fingerprint density at radius 1 is 1.35 bits per heavy atom. The molecule has 17 heavy (non-hydrogen) atoms. The van der Waals surface area contributed by atoms with Crippen molar-refractivity contribution in [2.24, 2.45) is 0 Å². The van der Waals surface area contributed by atoms with E-state index in [0.717, 1.165) is 32.2 Å². The highest BCUT2D eigenvalue weighted by Gasteiger charge is 2.25. The number of Topliss-reactive ketones (excluding diaryl/α,β-unsaturated/α-hetero) is 1. The Balaban J connectivity index is 1.84. The molecule has 1 aromatic heterocycles. The largest absolute Gasteiger partial charge is 0.298 e. The average Bonchev–Trinajstić information content (AvgIpc) is 2.38. The van der Waals surface area contributed by atoms with Crippen molar-refractivity contribution >= 4 is 5.78 Å². The summed E-state index contributed by atoms with van der Waals surface area (Å²) in [5.41, 5.74) is 1.29. The van der Waals surface area contributed by atoms with E-state index in [2.05, 4.69) is 16.9 Å². The van der Waals surface area contributed by atoms with Crippen LogP contribution < -0.4 is 0 Å². The molecule has 1 saturated carbocycles. The Morgan fingerprint density at radius 2 is 2.12 bits per heavy atom. The highest BCUT2D eigenvalue weighted by atomic mass is 16.1. The van der Waals surface area contributed by atoms with E-state index in [-0.39, 0.29) is 6.04 Å². The molecule has 0 N–H and O–H groups in total. The lowest BCUT2D eigenvalue weighted by molar-refractivity contribution is -0.125. The fraction of sp³-hybridized carbons (Fsp3) is 0.571. The molecule has 1 aliphatic rings. The van der Waals surface area contributed by atoms with Crippen LogP contribution in [0.4, 0.5) is 0 Å². The van der Waals surface area contributed by atoms with Crippen LogP contribution in [0.1, 0.15) is 31.2 Å². The van der Waals surface area contributed by atoms with Crippen molar-refractivity contribution in [3.63, 3.8) is 0 Å². The van der Waals surface area contributed by atoms with Crippen molar-refractivity contribution in [2.45, 2.75) is 38.1 Å². The number of aromatic nitrogens is 1. The van der Waals surface area contributed by atoms with E-state index in [1.807, 2.05) is 24.5 Å². The van der Waals surface area contributed by atoms with E-state index in [4.69, 9.17) is 0 Å². The van der Waals surface area contributed by atoms with Gasteiger partial charge in [-0.1, -0.05) is 6.42 Å². The number of carbonyl (C=O) groups is 1. The summed E-state index contributed by atoms with van der Waals surface area (Å²) in [6, 6.07) is 4.23. The molecule has 3 nitrogen and oxygen atoms in total. The summed E-state index contributed by atoms with van der Waals surface area (Å²) in [6.45, 7) is 0.945. The van der Waals surface area contributed by atoms with Crippen LogP contribution in [0.15, 0.2) is 24.5 Å². The van der Waals surface area contributed by atoms with Gasteiger partial charge in [-0.3, -0.25) is 14.7 Å². The van der Waals surface area contributed by atoms with Crippen LogP contribution in [-0.4, -0.2) is 35.3 Å². The van der Waals surface area contributed by atoms with Gasteiger partial charge in [-0.25, -0.2) is 0 Å². The van der Waals surface area contributed by atoms with E-state index in [1.165, 1.54) is 12.0 Å². The first-order valence-corrected chi connectivity index (χ1v) is 6.39. The minimum Gasteiger partial charge on any atom is -0.298 e. The lowest BCUT2D eigenvalue weighted by Gasteiger charge is -2.29. The second-order valence-corrected chi connectivity index (χ2v) is 4.81. The van der Waals surface area contributed by atoms with Crippen LogP contribution in [0.3, 0.4) is 0 Å². The van der Waals surface area contributed by atoms with E-state index < -0.39 is 0 Å². The monoisotopic (exact) mass is 232 g/mol. The number of rotatable bonds is 4. The minimum atomic E-state index is 0.158. The molecular formula is C14H20N2O. The molecule has 0 saturated heterocycles. The topological polar surface area (TPSA) is 33.2 Å². The maximum Gasteiger partial charge on any atom is 0.149 e. The predicted molar refractivity (Wildman–Crippen MR) is 67.8 cm³/mol. The summed E-state index contributed by atoms with van der Waals surface area (Å²) in [5, 5.41) is 0. The summed E-state index contributed by atoms with van der Waals surface area (Å²) < 4.78 is 0. The number of ketones is 1. The molecule has 1 heterocycles. The molecule has 1 aromatic rings. The van der Waals surface area contributed by atoms with Crippen molar-refractivity contribution < 1.29 is 4.79 Å². The Hall–Kier alpha value is -1.22. The molecule has 0 radical (unpaired) electrons. The van der Waals surface area contributed by atoms with Crippen LogP contribution in [0.25, 0.3) is 0 Å². The first kappa shape index (κ1) is 12.2. The Labute approximate surface area is 103 Å². The van der Waals surface area contributed by atoms with Crippen molar-refractivity contribution in [1.29, 1.82) is 0 Å². The third kappa shape index (κ3) is 3.37. The molecule has 3 heteroatoms. The Morgan fingerprint density at radius 3 is 2.82 bits per heavy atom. The number of pyridine rings is 1. The zero-order chi connectivity index (χ0) is 12.1. The summed E-state index contributed by atoms with van der Waals surface area (Å²) in [6.07, 6.45) is 8.70. The number of hydrogen-bond acceptors (Lipinski definition) is 3. The molecule has 2 rings (SSSR count). The van der Waals surface area contributed by atoms with E-state index in [1.54, 1.807) is 0 Å². The molecule has 0 bridgehead atoms. The molecule has 0 amide bonds. The van der Waals surface area contributed by atoms with Crippen LogP contribution in [0.2, 0.25) is 0 Å². The first-order chi connectivity index (χ1) is 8.27. The van der Waals surface area contributed by atoms with Gasteiger partial charge in [-0.05, 0) is 44.0 Å². The number of likely N-dealkylation sites (N-methyl/N-ethyl adjacent to an activating group) is 1. The summed E-state index contributed by atoms with van der Waals surface area (Å²) in [7, 11) is 2.06. The molecule has 92 valence electrons. The molecule has 0 aliphatic heterocycles. The van der Waals surface area contributed by atoms with Crippen molar-refractivity contribution in [1.82, 2.24) is 9.88 Å². The predicted octanol–water partition coefficient (Wildman–Crippen LogP) is 2.07. The van der Waals surface area contributed by atoms with Crippen LogP contribution >= 0.6 is 0 Å². The summed E-state index contributed by atoms with van der Waals surface area (Å²) in [5.74, 6) is 0.425. The fourth-order valence-corrected chi connectivity index (χ4v) is 2.44. The van der Waals surface area contributed by atoms with Gasteiger partial charge in [0.15, 0.2) is 0 Å². The van der Waals surface area contributed by atoms with Gasteiger partial charge in [0, 0.05) is 25.4 Å². The summed E-state index contributed by atoms with van der Waals surface area (Å²) in [4.78, 5) is 18.0. The second kappa shape index (κ2) is 5.92. The lowest BCUT2D eigenvalue weighted by Crippen LogP contribution is -2.41. The van der Waals surface area contributed by atoms with Crippen LogP contribution in [0, 0.1) is 0 Å². The van der Waals surface area contributed by atoms with Gasteiger partial charge in [-0.15, -0.1) is 0 Å². The third-order valence-corrected chi connectivity index (χ3v) is 3.56. The second-order valence-electron chi connectivity index (χ2n) is 4.81. The Bertz CT molecular complexity index is 364. The quantitative estimate of drug-likeness (QED) is 0.796. The van der Waals surface area contributed by atoms with Crippen LogP contribution in [-0.2, 0) is 11.2 Å². The standard InChI is InChI=1S/C14H20N2O/c1-16(13-4-2-3-5-14(13)17)11-8-12-6-9-15-10-7-12/h6-7,9-10,13H,2-5,8,11H2,1H3. The fourth-order valence-electron chi connectivity index (χ4n) is 2.44. The zero-order valence-corrected chi connectivity index (χ0v) is 10.4. The van der Waals surface area contributed by atoms with Gasteiger partial charge in [-0.2, -0.15) is 0 Å². The highest BCUT2D eigenvalue weighted by molar-refractivity contribution is 5.84. The number of hydrogen-bond donors (Lipinski definition) is 0. The van der Waals surface area contributed by atoms with Crippen molar-refractivity contribution in [2.75, 3.05) is 13.6 Å². The van der Waals surface area contributed by atoms with Gasteiger partial charge >= 0.3 is 0 Å². The molecule has 0 spiro atoms. The van der Waals surface area contributed by atoms with E-state index in [0.29, 0.717) is 5.78 Å². The molecule has 1 fully saturated rings. The molecule has 1 atom stereocenters. The number of carbonyl (C=O) groups excluding carboxylic acids is 1. The van der Waals surface area contributed by atoms with Gasteiger partial charge in [0.25, 0.3) is 0 Å². The molecular weight excluding hydrogens is 212 g/mol.